The van der Waals surface area contributed by atoms with Crippen molar-refractivity contribution in [3.63, 3.8) is 0 Å². The summed E-state index contributed by atoms with van der Waals surface area (Å²) in [4.78, 5) is 27.4. The first kappa shape index (κ1) is 14.9. The number of ether oxygens (including phenoxy) is 1. The quantitative estimate of drug-likeness (QED) is 0.767. The van der Waals surface area contributed by atoms with E-state index in [1.807, 2.05) is 6.92 Å². The average Bonchev–Trinajstić information content (AvgIpc) is 2.43. The Kier molecular flexibility index (Phi) is 5.28. The number of hydrogen-bond acceptors (Lipinski definition) is 7. The molecule has 0 unspecified atom stereocenters. The number of carbonyl (C=O) groups is 1. The van der Waals surface area contributed by atoms with Gasteiger partial charge in [0.15, 0.2) is 0 Å². The summed E-state index contributed by atoms with van der Waals surface area (Å²) in [5, 5.41) is 2.83. The fraction of sp³-hybridized carbons (Fsp3) is 0.636. The van der Waals surface area contributed by atoms with Crippen molar-refractivity contribution in [1.29, 1.82) is 0 Å². The normalized spacial score (nSPS) is 9.95. The summed E-state index contributed by atoms with van der Waals surface area (Å²) in [6, 6.07) is 0.213. The molecule has 0 saturated carbocycles. The maximum absolute atomic E-state index is 11.8. The molecular weight excluding hydrogens is 248 g/mol. The van der Waals surface area contributed by atoms with Gasteiger partial charge in [0.2, 0.25) is 17.8 Å². The van der Waals surface area contributed by atoms with Crippen LogP contribution < -0.4 is 15.0 Å². The molecule has 0 radical (unpaired) electrons. The van der Waals surface area contributed by atoms with Gasteiger partial charge in [0.25, 0.3) is 0 Å². The van der Waals surface area contributed by atoms with Crippen LogP contribution in [0.1, 0.15) is 6.92 Å². The molecular formula is C11H20N6O2. The van der Waals surface area contributed by atoms with Gasteiger partial charge in [-0.25, -0.2) is 0 Å². The molecule has 1 heterocycles. The summed E-state index contributed by atoms with van der Waals surface area (Å²) in [5.74, 6) is 0.790. The van der Waals surface area contributed by atoms with Crippen LogP contribution in [-0.2, 0) is 4.79 Å². The van der Waals surface area contributed by atoms with Crippen LogP contribution in [0.5, 0.6) is 6.01 Å². The van der Waals surface area contributed by atoms with E-state index in [2.05, 4.69) is 20.3 Å². The van der Waals surface area contributed by atoms with E-state index in [0.717, 1.165) is 0 Å². The van der Waals surface area contributed by atoms with E-state index in [-0.39, 0.29) is 18.5 Å². The highest BCUT2D eigenvalue weighted by molar-refractivity contribution is 5.80. The molecule has 106 valence electrons. The van der Waals surface area contributed by atoms with E-state index in [9.17, 15) is 4.79 Å². The van der Waals surface area contributed by atoms with Crippen LogP contribution in [0.2, 0.25) is 0 Å². The van der Waals surface area contributed by atoms with Gasteiger partial charge in [0, 0.05) is 27.7 Å². The van der Waals surface area contributed by atoms with Gasteiger partial charge >= 0.3 is 6.01 Å². The third-order valence-electron chi connectivity index (χ3n) is 2.50. The molecule has 1 aromatic rings. The third-order valence-corrected chi connectivity index (χ3v) is 2.50. The van der Waals surface area contributed by atoms with Gasteiger partial charge in [-0.1, -0.05) is 0 Å². The number of hydrogen-bond donors (Lipinski definition) is 1. The zero-order valence-corrected chi connectivity index (χ0v) is 12.0. The summed E-state index contributed by atoms with van der Waals surface area (Å²) < 4.78 is 5.02. The number of carbonyl (C=O) groups excluding carboxylic acids is 1. The Labute approximate surface area is 112 Å². The van der Waals surface area contributed by atoms with Gasteiger partial charge in [-0.15, -0.1) is 0 Å². The minimum Gasteiger partial charge on any atom is -0.467 e. The molecule has 0 aliphatic rings. The van der Waals surface area contributed by atoms with Crippen molar-refractivity contribution in [2.24, 2.45) is 0 Å². The van der Waals surface area contributed by atoms with Crippen LogP contribution in [0.15, 0.2) is 0 Å². The van der Waals surface area contributed by atoms with Gasteiger partial charge in [0.05, 0.1) is 13.7 Å². The van der Waals surface area contributed by atoms with Crippen molar-refractivity contribution < 1.29 is 9.53 Å². The highest BCUT2D eigenvalue weighted by atomic mass is 16.5. The van der Waals surface area contributed by atoms with E-state index in [4.69, 9.17) is 4.74 Å². The van der Waals surface area contributed by atoms with Crippen LogP contribution in [0, 0.1) is 0 Å². The van der Waals surface area contributed by atoms with Crippen molar-refractivity contribution in [2.75, 3.05) is 51.6 Å². The van der Waals surface area contributed by atoms with E-state index in [0.29, 0.717) is 18.4 Å². The van der Waals surface area contributed by atoms with Crippen molar-refractivity contribution in [3.8, 4) is 6.01 Å². The second-order valence-electron chi connectivity index (χ2n) is 4.00. The molecule has 1 N–H and O–H groups in total. The molecule has 1 amide bonds. The minimum atomic E-state index is -0.0211. The Balaban J connectivity index is 3.00. The number of methoxy groups -OCH3 is 1. The van der Waals surface area contributed by atoms with Crippen LogP contribution in [0.4, 0.5) is 11.9 Å². The molecule has 0 spiro atoms. The lowest BCUT2D eigenvalue weighted by atomic mass is 10.4. The maximum Gasteiger partial charge on any atom is 0.322 e. The standard InChI is InChI=1S/C11H20N6O2/c1-6-17(7-8(18)16(3)4)10-13-9(12-2)14-11(15-10)19-5/h6-7H2,1-5H3,(H,12,13,14,15). The van der Waals surface area contributed by atoms with Crippen LogP contribution in [-0.4, -0.2) is 67.1 Å². The lowest BCUT2D eigenvalue weighted by Gasteiger charge is -2.22. The topological polar surface area (TPSA) is 83.5 Å². The van der Waals surface area contributed by atoms with Crippen LogP contribution >= 0.6 is 0 Å². The zero-order valence-electron chi connectivity index (χ0n) is 12.0. The molecule has 1 aromatic heterocycles. The summed E-state index contributed by atoms with van der Waals surface area (Å²) in [6.07, 6.45) is 0. The third kappa shape index (κ3) is 3.94. The number of nitrogens with one attached hydrogen (secondary N) is 1. The fourth-order valence-corrected chi connectivity index (χ4v) is 1.32. The van der Waals surface area contributed by atoms with Gasteiger partial charge in [0.1, 0.15) is 0 Å². The van der Waals surface area contributed by atoms with E-state index in [1.54, 1.807) is 26.0 Å². The number of amides is 1. The predicted octanol–water partition coefficient (Wildman–Crippen LogP) is -0.164. The molecule has 1 rings (SSSR count). The lowest BCUT2D eigenvalue weighted by molar-refractivity contribution is -0.127. The number of likely N-dealkylation sites (N-methyl/N-ethyl adjacent to an activating group) is 2. The summed E-state index contributed by atoms with van der Waals surface area (Å²) >= 11 is 0. The highest BCUT2D eigenvalue weighted by Gasteiger charge is 2.16. The summed E-state index contributed by atoms with van der Waals surface area (Å²) in [7, 11) is 6.62. The number of aromatic nitrogens is 3. The predicted molar refractivity (Wildman–Crippen MR) is 72.5 cm³/mol. The Morgan fingerprint density at radius 3 is 2.47 bits per heavy atom. The Morgan fingerprint density at radius 1 is 1.32 bits per heavy atom. The summed E-state index contributed by atoms with van der Waals surface area (Å²) in [6.45, 7) is 2.74. The van der Waals surface area contributed by atoms with E-state index < -0.39 is 0 Å². The smallest absolute Gasteiger partial charge is 0.322 e. The van der Waals surface area contributed by atoms with Crippen LogP contribution in [0.3, 0.4) is 0 Å². The second kappa shape index (κ2) is 6.72. The molecule has 19 heavy (non-hydrogen) atoms. The zero-order chi connectivity index (χ0) is 14.4. The molecule has 0 aromatic carbocycles. The fourth-order valence-electron chi connectivity index (χ4n) is 1.32. The SMILES string of the molecule is CCN(CC(=O)N(C)C)c1nc(NC)nc(OC)n1. The van der Waals surface area contributed by atoms with Gasteiger partial charge < -0.3 is 19.9 Å². The number of nitrogens with zero attached hydrogens (tertiary/aromatic N) is 5. The Hall–Kier alpha value is -2.12. The van der Waals surface area contributed by atoms with Gasteiger partial charge in [-0.2, -0.15) is 15.0 Å². The van der Waals surface area contributed by atoms with E-state index in [1.165, 1.54) is 12.0 Å². The molecule has 8 heteroatoms. The van der Waals surface area contributed by atoms with Crippen molar-refractivity contribution in [3.05, 3.63) is 0 Å². The maximum atomic E-state index is 11.8. The number of rotatable bonds is 6. The number of anilines is 2. The average molecular weight is 268 g/mol. The first-order valence-electron chi connectivity index (χ1n) is 5.94. The molecule has 0 aliphatic heterocycles. The van der Waals surface area contributed by atoms with Crippen LogP contribution in [0.25, 0.3) is 0 Å². The molecule has 0 atom stereocenters. The molecule has 8 nitrogen and oxygen atoms in total. The van der Waals surface area contributed by atoms with Gasteiger partial charge in [-0.3, -0.25) is 4.79 Å². The van der Waals surface area contributed by atoms with Crippen molar-refractivity contribution >= 4 is 17.8 Å². The lowest BCUT2D eigenvalue weighted by Crippen LogP contribution is -2.37. The first-order valence-corrected chi connectivity index (χ1v) is 5.94. The summed E-state index contributed by atoms with van der Waals surface area (Å²) in [5.41, 5.74) is 0. The molecule has 0 aliphatic carbocycles. The minimum absolute atomic E-state index is 0.0211. The van der Waals surface area contributed by atoms with E-state index >= 15 is 0 Å². The Morgan fingerprint density at radius 2 is 2.00 bits per heavy atom. The van der Waals surface area contributed by atoms with Crippen molar-refractivity contribution in [2.45, 2.75) is 6.92 Å². The first-order chi connectivity index (χ1) is 9.01. The van der Waals surface area contributed by atoms with Gasteiger partial charge in [-0.05, 0) is 6.92 Å². The monoisotopic (exact) mass is 268 g/mol. The van der Waals surface area contributed by atoms with Crippen molar-refractivity contribution in [1.82, 2.24) is 19.9 Å². The second-order valence-corrected chi connectivity index (χ2v) is 4.00. The highest BCUT2D eigenvalue weighted by Crippen LogP contribution is 2.14. The molecule has 0 saturated heterocycles. The largest absolute Gasteiger partial charge is 0.467 e. The molecule has 0 fully saturated rings. The molecule has 0 bridgehead atoms. The Bertz CT molecular complexity index is 415.